The number of ketones is 1. The van der Waals surface area contributed by atoms with Gasteiger partial charge in [0.1, 0.15) is 0 Å². The molecule has 1 saturated heterocycles. The van der Waals surface area contributed by atoms with Crippen molar-refractivity contribution in [2.24, 2.45) is 0 Å². The first-order valence-electron chi connectivity index (χ1n) is 8.60. The van der Waals surface area contributed by atoms with Crippen molar-refractivity contribution in [3.63, 3.8) is 0 Å². The Kier molecular flexibility index (Phi) is 5.27. The Labute approximate surface area is 154 Å². The lowest BCUT2D eigenvalue weighted by Crippen LogP contribution is -2.45. The van der Waals surface area contributed by atoms with E-state index in [-0.39, 0.29) is 29.4 Å². The van der Waals surface area contributed by atoms with Crippen LogP contribution < -0.4 is 0 Å². The van der Waals surface area contributed by atoms with Gasteiger partial charge >= 0.3 is 0 Å². The van der Waals surface area contributed by atoms with E-state index in [0.29, 0.717) is 12.1 Å². The van der Waals surface area contributed by atoms with E-state index < -0.39 is 10.0 Å². The number of carbonyl (C=O) groups excluding carboxylic acids is 1. The van der Waals surface area contributed by atoms with Crippen LogP contribution in [0.25, 0.3) is 0 Å². The van der Waals surface area contributed by atoms with E-state index >= 15 is 0 Å². The molecule has 0 N–H and O–H groups in total. The van der Waals surface area contributed by atoms with Crippen molar-refractivity contribution in [2.45, 2.75) is 37.9 Å². The summed E-state index contributed by atoms with van der Waals surface area (Å²) in [5.74, 6) is -0.0895. The van der Waals surface area contributed by atoms with Gasteiger partial charge in [-0.05, 0) is 38.5 Å². The summed E-state index contributed by atoms with van der Waals surface area (Å²) in [4.78, 5) is 11.6. The molecule has 2 aromatic carbocycles. The minimum Gasteiger partial charge on any atom is -0.368 e. The van der Waals surface area contributed by atoms with Crippen molar-refractivity contribution in [1.29, 1.82) is 0 Å². The third-order valence-electron chi connectivity index (χ3n) is 4.57. The number of hydrogen-bond donors (Lipinski definition) is 0. The van der Waals surface area contributed by atoms with Gasteiger partial charge in [0, 0.05) is 18.7 Å². The second-order valence-electron chi connectivity index (χ2n) is 6.75. The summed E-state index contributed by atoms with van der Waals surface area (Å²) in [6.07, 6.45) is -0.507. The van der Waals surface area contributed by atoms with Crippen LogP contribution in [0.2, 0.25) is 0 Å². The number of nitrogens with zero attached hydrogens (tertiary/aromatic N) is 1. The summed E-state index contributed by atoms with van der Waals surface area (Å²) >= 11 is 0. The van der Waals surface area contributed by atoms with Gasteiger partial charge in [0.15, 0.2) is 5.78 Å². The molecule has 0 aromatic heterocycles. The van der Waals surface area contributed by atoms with Crippen LogP contribution in [-0.4, -0.2) is 37.7 Å². The first-order chi connectivity index (χ1) is 12.3. The maximum atomic E-state index is 13.0. The maximum absolute atomic E-state index is 13.0. The molecule has 1 aliphatic rings. The largest absolute Gasteiger partial charge is 0.368 e. The van der Waals surface area contributed by atoms with Crippen LogP contribution in [0.15, 0.2) is 53.4 Å². The highest BCUT2D eigenvalue weighted by molar-refractivity contribution is 7.89. The van der Waals surface area contributed by atoms with E-state index in [9.17, 15) is 13.2 Å². The van der Waals surface area contributed by atoms with Crippen LogP contribution in [0.4, 0.5) is 0 Å². The summed E-state index contributed by atoms with van der Waals surface area (Å²) < 4.78 is 33.5. The normalized spacial score (nSPS) is 21.5. The first-order valence-corrected chi connectivity index (χ1v) is 10.0. The molecule has 26 heavy (non-hydrogen) atoms. The van der Waals surface area contributed by atoms with Crippen molar-refractivity contribution in [2.75, 3.05) is 13.1 Å². The van der Waals surface area contributed by atoms with Gasteiger partial charge in [0.25, 0.3) is 0 Å². The predicted molar refractivity (Wildman–Crippen MR) is 99.7 cm³/mol. The smallest absolute Gasteiger partial charge is 0.243 e. The zero-order valence-corrected chi connectivity index (χ0v) is 16.0. The average Bonchev–Trinajstić information content (AvgIpc) is 2.62. The molecule has 1 fully saturated rings. The minimum absolute atomic E-state index is 0.0895. The second kappa shape index (κ2) is 7.31. The van der Waals surface area contributed by atoms with Crippen LogP contribution in [0.1, 0.15) is 41.4 Å². The van der Waals surface area contributed by atoms with Crippen LogP contribution in [0.5, 0.6) is 0 Å². The Balaban J connectivity index is 1.86. The zero-order valence-electron chi connectivity index (χ0n) is 15.2. The van der Waals surface area contributed by atoms with E-state index in [2.05, 4.69) is 0 Å². The number of sulfonamides is 1. The minimum atomic E-state index is -3.64. The molecular formula is C20H23NO4S. The fourth-order valence-corrected chi connectivity index (χ4v) is 4.60. The molecule has 0 bridgehead atoms. The van der Waals surface area contributed by atoms with Crippen molar-refractivity contribution in [1.82, 2.24) is 4.31 Å². The number of aryl methyl sites for hydroxylation is 1. The molecule has 2 atom stereocenters. The summed E-state index contributed by atoms with van der Waals surface area (Å²) in [5.41, 5.74) is 2.61. The highest BCUT2D eigenvalue weighted by atomic mass is 32.2. The van der Waals surface area contributed by atoms with Gasteiger partial charge in [-0.25, -0.2) is 8.42 Å². The lowest BCUT2D eigenvalue weighted by molar-refractivity contribution is -0.0557. The van der Waals surface area contributed by atoms with E-state index in [1.165, 1.54) is 23.4 Å². The molecule has 138 valence electrons. The highest BCUT2D eigenvalue weighted by Gasteiger charge is 2.34. The predicted octanol–water partition coefficient (Wildman–Crippen LogP) is 3.35. The quantitative estimate of drug-likeness (QED) is 0.771. The van der Waals surface area contributed by atoms with Gasteiger partial charge in [0.2, 0.25) is 10.0 Å². The van der Waals surface area contributed by atoms with Gasteiger partial charge in [-0.1, -0.05) is 42.0 Å². The molecule has 2 aromatic rings. The van der Waals surface area contributed by atoms with Crippen LogP contribution in [0.3, 0.4) is 0 Å². The Hall–Kier alpha value is -2.02. The number of ether oxygens (including phenoxy) is 1. The maximum Gasteiger partial charge on any atom is 0.243 e. The van der Waals surface area contributed by atoms with Gasteiger partial charge in [-0.3, -0.25) is 4.79 Å². The number of Topliss-reactive ketones (excluding diaryl/α,β-unsaturated/α-hetero) is 1. The summed E-state index contributed by atoms with van der Waals surface area (Å²) in [6, 6.07) is 14.0. The number of carbonyl (C=O) groups is 1. The van der Waals surface area contributed by atoms with Crippen molar-refractivity contribution in [3.05, 3.63) is 65.2 Å². The van der Waals surface area contributed by atoms with Crippen LogP contribution >= 0.6 is 0 Å². The lowest BCUT2D eigenvalue weighted by atomic mass is 10.1. The number of hydrogen-bond acceptors (Lipinski definition) is 4. The molecular weight excluding hydrogens is 350 g/mol. The molecule has 0 saturated carbocycles. The zero-order chi connectivity index (χ0) is 18.9. The van der Waals surface area contributed by atoms with E-state index in [1.807, 2.05) is 38.1 Å². The van der Waals surface area contributed by atoms with Crippen molar-refractivity contribution in [3.8, 4) is 0 Å². The molecule has 0 aliphatic carbocycles. The van der Waals surface area contributed by atoms with Crippen LogP contribution in [-0.2, 0) is 14.8 Å². The molecule has 1 heterocycles. The van der Waals surface area contributed by atoms with E-state index in [0.717, 1.165) is 11.1 Å². The molecule has 2 unspecified atom stereocenters. The fourth-order valence-electron chi connectivity index (χ4n) is 3.08. The third kappa shape index (κ3) is 3.87. The Morgan fingerprint density at radius 3 is 2.23 bits per heavy atom. The topological polar surface area (TPSA) is 63.7 Å². The number of benzene rings is 2. The van der Waals surface area contributed by atoms with Gasteiger partial charge in [-0.2, -0.15) is 4.31 Å². The Morgan fingerprint density at radius 1 is 1.04 bits per heavy atom. The summed E-state index contributed by atoms with van der Waals surface area (Å²) in [5, 5.41) is 0. The van der Waals surface area contributed by atoms with Gasteiger partial charge < -0.3 is 4.74 Å². The Bertz CT molecular complexity index is 888. The number of rotatable bonds is 4. The standard InChI is InChI=1S/C20H23NO4S/c1-14-4-6-18(7-5-14)20-13-21(12-15(2)25-20)26(23,24)19-10-8-17(9-11-19)16(3)22/h4-11,15,20H,12-13H2,1-3H3. The highest BCUT2D eigenvalue weighted by Crippen LogP contribution is 2.29. The van der Waals surface area contributed by atoms with Crippen molar-refractivity contribution >= 4 is 15.8 Å². The van der Waals surface area contributed by atoms with E-state index in [1.54, 1.807) is 12.1 Å². The third-order valence-corrected chi connectivity index (χ3v) is 6.42. The molecule has 1 aliphatic heterocycles. The van der Waals surface area contributed by atoms with Crippen molar-refractivity contribution < 1.29 is 17.9 Å². The number of morpholine rings is 1. The Morgan fingerprint density at radius 2 is 1.65 bits per heavy atom. The molecule has 6 heteroatoms. The van der Waals surface area contributed by atoms with Crippen LogP contribution in [0, 0.1) is 6.92 Å². The fraction of sp³-hybridized carbons (Fsp3) is 0.350. The molecule has 0 amide bonds. The molecule has 0 radical (unpaired) electrons. The molecule has 5 nitrogen and oxygen atoms in total. The SMILES string of the molecule is CC(=O)c1ccc(S(=O)(=O)N2CC(C)OC(c3ccc(C)cc3)C2)cc1. The molecule has 0 spiro atoms. The average molecular weight is 373 g/mol. The van der Waals surface area contributed by atoms with E-state index in [4.69, 9.17) is 4.74 Å². The second-order valence-corrected chi connectivity index (χ2v) is 8.69. The lowest BCUT2D eigenvalue weighted by Gasteiger charge is -2.36. The monoisotopic (exact) mass is 373 g/mol. The van der Waals surface area contributed by atoms with Gasteiger partial charge in [0.05, 0.1) is 17.1 Å². The first kappa shape index (κ1) is 18.8. The summed E-state index contributed by atoms with van der Waals surface area (Å²) in [6.45, 7) is 5.92. The molecule has 3 rings (SSSR count). The summed E-state index contributed by atoms with van der Waals surface area (Å²) in [7, 11) is -3.64. The van der Waals surface area contributed by atoms with Gasteiger partial charge in [-0.15, -0.1) is 0 Å².